The summed E-state index contributed by atoms with van der Waals surface area (Å²) in [5, 5.41) is 0. The summed E-state index contributed by atoms with van der Waals surface area (Å²) in [6, 6.07) is 0. The van der Waals surface area contributed by atoms with Crippen molar-refractivity contribution in [3.8, 4) is 0 Å². The van der Waals surface area contributed by atoms with Gasteiger partial charge < -0.3 is 6.15 Å². The highest BCUT2D eigenvalue weighted by molar-refractivity contribution is 2.13. The number of quaternary nitrogens is 1. The van der Waals surface area contributed by atoms with Gasteiger partial charge in [0.2, 0.25) is 0 Å². The molecule has 0 amide bonds. The van der Waals surface area contributed by atoms with E-state index in [1.807, 2.05) is 0 Å². The molecule has 6 heavy (non-hydrogen) atoms. The molecule has 0 unspecified atom stereocenters. The van der Waals surface area contributed by atoms with Crippen molar-refractivity contribution in [2.75, 3.05) is 0 Å². The SMILES string of the molecule is [NH4+].[O-][I+3]([O-])([O-])[O-]. The highest BCUT2D eigenvalue weighted by atomic mass is 127. The Bertz CT molecular complexity index is 23.0. The maximum absolute atomic E-state index is 8.62. The Kier molecular flexibility index (Phi) is 4.32. The second-order valence-corrected chi connectivity index (χ2v) is 2.54. The smallest absolute Gasteiger partial charge is 0.144 e. The molecule has 0 rings (SSSR count). The Balaban J connectivity index is 0. The Labute approximate surface area is 40.5 Å². The van der Waals surface area contributed by atoms with Crippen molar-refractivity contribution < 1.29 is 33.8 Å². The summed E-state index contributed by atoms with van der Waals surface area (Å²) < 4.78 is 34.5. The monoisotopic (exact) mass is 209 g/mol. The summed E-state index contributed by atoms with van der Waals surface area (Å²) >= 11 is -5.94. The molecule has 0 heterocycles. The van der Waals surface area contributed by atoms with E-state index in [0.29, 0.717) is 0 Å². The largest absolute Gasteiger partial charge is 0.369 e. The summed E-state index contributed by atoms with van der Waals surface area (Å²) in [6.07, 6.45) is 0. The number of rotatable bonds is 0. The molecular formula is H4INO4. The van der Waals surface area contributed by atoms with Crippen molar-refractivity contribution in [1.29, 1.82) is 0 Å². The summed E-state index contributed by atoms with van der Waals surface area (Å²) in [5.74, 6) is 0. The Morgan fingerprint density at radius 2 is 0.833 bits per heavy atom. The summed E-state index contributed by atoms with van der Waals surface area (Å²) in [4.78, 5) is 0. The number of halogens is 1. The first-order chi connectivity index (χ1) is 2.00. The fourth-order valence-electron chi connectivity index (χ4n) is 0. The Morgan fingerprint density at radius 3 is 0.833 bits per heavy atom. The van der Waals surface area contributed by atoms with Crippen LogP contribution in [0.25, 0.3) is 0 Å². The second-order valence-electron chi connectivity index (χ2n) is 0.378. The average molecular weight is 209 g/mol. The zero-order chi connectivity index (χ0) is 4.50. The van der Waals surface area contributed by atoms with Gasteiger partial charge in [-0.1, -0.05) is 0 Å². The van der Waals surface area contributed by atoms with Crippen LogP contribution in [0.1, 0.15) is 0 Å². The van der Waals surface area contributed by atoms with Crippen molar-refractivity contribution in [2.24, 2.45) is 0 Å². The minimum absolute atomic E-state index is 0. The van der Waals surface area contributed by atoms with Crippen LogP contribution in [0.3, 0.4) is 0 Å². The third kappa shape index (κ3) is 201. The van der Waals surface area contributed by atoms with Crippen LogP contribution in [-0.4, -0.2) is 0 Å². The zero-order valence-corrected chi connectivity index (χ0v) is 5.17. The molecule has 0 aliphatic rings. The van der Waals surface area contributed by atoms with Crippen molar-refractivity contribution >= 4 is 0 Å². The molecule has 40 valence electrons. The number of hydrogen-bond donors (Lipinski definition) is 1. The zero-order valence-electron chi connectivity index (χ0n) is 3.01. The minimum Gasteiger partial charge on any atom is -0.369 e. The van der Waals surface area contributed by atoms with E-state index in [0.717, 1.165) is 0 Å². The molecule has 0 radical (unpaired) electrons. The summed E-state index contributed by atoms with van der Waals surface area (Å²) in [6.45, 7) is 0. The summed E-state index contributed by atoms with van der Waals surface area (Å²) in [5.41, 5.74) is 0. The van der Waals surface area contributed by atoms with Crippen molar-refractivity contribution in [3.05, 3.63) is 0 Å². The van der Waals surface area contributed by atoms with Gasteiger partial charge in [-0.3, -0.25) is 13.7 Å². The van der Waals surface area contributed by atoms with Gasteiger partial charge in [0.05, 0.1) is 0 Å². The third-order valence-corrected chi connectivity index (χ3v) is 0. The first kappa shape index (κ1) is 9.73. The van der Waals surface area contributed by atoms with Crippen LogP contribution in [0.5, 0.6) is 0 Å². The fraction of sp³-hybridized carbons (Fsp3) is 0. The molecule has 4 N–H and O–H groups in total. The van der Waals surface area contributed by atoms with Gasteiger partial charge in [0.25, 0.3) is 0 Å². The molecule has 0 atom stereocenters. The standard InChI is InChI=1S/IO4.H3N/c2-1(3,4)5;/h;1H3/q-1;/p+1. The lowest BCUT2D eigenvalue weighted by molar-refractivity contribution is -2.00. The van der Waals surface area contributed by atoms with E-state index in [2.05, 4.69) is 0 Å². The Morgan fingerprint density at radius 1 is 0.833 bits per heavy atom. The maximum atomic E-state index is 8.62. The average Bonchev–Trinajstić information content (AvgIpc) is 0.722. The maximum Gasteiger partial charge on any atom is 0.144 e. The molecule has 6 heteroatoms. The van der Waals surface area contributed by atoms with Gasteiger partial charge in [0.1, 0.15) is 20.1 Å². The molecular weight excluding hydrogens is 205 g/mol. The molecule has 0 bridgehead atoms. The lowest BCUT2D eigenvalue weighted by atomic mass is 14.0. The van der Waals surface area contributed by atoms with Crippen LogP contribution in [-0.2, 0) is 0 Å². The lowest BCUT2D eigenvalue weighted by Gasteiger charge is -2.08. The van der Waals surface area contributed by atoms with Crippen LogP contribution in [0.2, 0.25) is 0 Å². The number of hydrogen-bond acceptors (Lipinski definition) is 4. The van der Waals surface area contributed by atoms with Crippen molar-refractivity contribution in [1.82, 2.24) is 6.15 Å². The van der Waals surface area contributed by atoms with Crippen molar-refractivity contribution in [2.45, 2.75) is 0 Å². The van der Waals surface area contributed by atoms with Crippen LogP contribution in [0.15, 0.2) is 0 Å². The second kappa shape index (κ2) is 2.66. The normalized spacial score (nSPS) is 10.0. The van der Waals surface area contributed by atoms with E-state index in [4.69, 9.17) is 13.7 Å². The van der Waals surface area contributed by atoms with E-state index in [1.165, 1.54) is 0 Å². The van der Waals surface area contributed by atoms with Gasteiger partial charge >= 0.3 is 0 Å². The molecule has 0 aliphatic heterocycles. The van der Waals surface area contributed by atoms with E-state index < -0.39 is 20.1 Å². The van der Waals surface area contributed by atoms with Gasteiger partial charge in [0, 0.05) is 0 Å². The van der Waals surface area contributed by atoms with E-state index in [9.17, 15) is 0 Å². The molecule has 0 saturated heterocycles. The molecule has 0 aromatic carbocycles. The van der Waals surface area contributed by atoms with Crippen LogP contribution in [0.4, 0.5) is 0 Å². The molecule has 0 spiro atoms. The van der Waals surface area contributed by atoms with E-state index >= 15 is 0 Å². The van der Waals surface area contributed by atoms with Gasteiger partial charge in [-0.15, -0.1) is 0 Å². The lowest BCUT2D eigenvalue weighted by Crippen LogP contribution is -4.29. The van der Waals surface area contributed by atoms with Crippen LogP contribution >= 0.6 is 0 Å². The predicted molar refractivity (Wildman–Crippen MR) is 5.98 cm³/mol. The molecule has 5 nitrogen and oxygen atoms in total. The predicted octanol–water partition coefficient (Wildman–Crippen LogP) is -7.38. The minimum atomic E-state index is -5.94. The highest BCUT2D eigenvalue weighted by Gasteiger charge is 1.94. The molecule has 0 aromatic heterocycles. The molecule has 0 saturated carbocycles. The topological polar surface area (TPSA) is 129 Å². The first-order valence-electron chi connectivity index (χ1n) is 0.617. The molecule has 0 aliphatic carbocycles. The summed E-state index contributed by atoms with van der Waals surface area (Å²) in [7, 11) is 0. The quantitative estimate of drug-likeness (QED) is 0.397. The van der Waals surface area contributed by atoms with Gasteiger partial charge in [0.15, 0.2) is 0 Å². The first-order valence-corrected chi connectivity index (χ1v) is 4.14. The van der Waals surface area contributed by atoms with Crippen molar-refractivity contribution in [3.63, 3.8) is 0 Å². The fourth-order valence-corrected chi connectivity index (χ4v) is 0. The Hall–Kier alpha value is 0.530. The van der Waals surface area contributed by atoms with Crippen LogP contribution < -0.4 is 40.0 Å². The molecule has 0 aromatic rings. The van der Waals surface area contributed by atoms with Crippen LogP contribution in [0, 0.1) is 0 Å². The third-order valence-electron chi connectivity index (χ3n) is 0. The van der Waals surface area contributed by atoms with Gasteiger partial charge in [-0.2, -0.15) is 0 Å². The van der Waals surface area contributed by atoms with Gasteiger partial charge in [-0.05, 0) is 0 Å². The highest BCUT2D eigenvalue weighted by Crippen LogP contribution is 0.104. The van der Waals surface area contributed by atoms with E-state index in [-0.39, 0.29) is 6.15 Å². The molecule has 0 fully saturated rings. The van der Waals surface area contributed by atoms with E-state index in [1.54, 1.807) is 0 Å². The van der Waals surface area contributed by atoms with Gasteiger partial charge in [-0.25, -0.2) is 0 Å².